The van der Waals surface area contributed by atoms with Gasteiger partial charge in [-0.25, -0.2) is 0 Å². The molecular weight excluding hydrogens is 687 g/mol. The zero-order valence-corrected chi connectivity index (χ0v) is 32.2. The van der Waals surface area contributed by atoms with Crippen molar-refractivity contribution in [1.82, 2.24) is 0 Å². The highest BCUT2D eigenvalue weighted by Crippen LogP contribution is 2.57. The zero-order chi connectivity index (χ0) is 38.1. The van der Waals surface area contributed by atoms with E-state index in [-0.39, 0.29) is 5.41 Å². The Labute approximate surface area is 335 Å². The summed E-state index contributed by atoms with van der Waals surface area (Å²) in [6.45, 7) is 4.74. The van der Waals surface area contributed by atoms with Crippen LogP contribution in [-0.2, 0) is 10.8 Å². The molecule has 0 spiro atoms. The van der Waals surface area contributed by atoms with Gasteiger partial charge in [0.1, 0.15) is 0 Å². The third kappa shape index (κ3) is 5.02. The van der Waals surface area contributed by atoms with Crippen molar-refractivity contribution in [2.24, 2.45) is 0 Å². The Morgan fingerprint density at radius 2 is 0.842 bits per heavy atom. The van der Waals surface area contributed by atoms with Crippen LogP contribution in [0, 0.1) is 0 Å². The molecule has 0 aromatic heterocycles. The van der Waals surface area contributed by atoms with Crippen LogP contribution in [0.2, 0.25) is 0 Å². The number of hydrogen-bond donors (Lipinski definition) is 0. The predicted octanol–water partition coefficient (Wildman–Crippen LogP) is 14.6. The highest BCUT2D eigenvalue weighted by atomic mass is 15.1. The van der Waals surface area contributed by atoms with Gasteiger partial charge in [-0.2, -0.15) is 0 Å². The van der Waals surface area contributed by atoms with Crippen molar-refractivity contribution in [2.45, 2.75) is 24.7 Å². The molecule has 9 aromatic carbocycles. The predicted molar refractivity (Wildman–Crippen MR) is 239 cm³/mol. The van der Waals surface area contributed by atoms with E-state index in [0.29, 0.717) is 0 Å². The van der Waals surface area contributed by atoms with Crippen LogP contribution in [0.5, 0.6) is 0 Å². The maximum atomic E-state index is 2.47. The van der Waals surface area contributed by atoms with E-state index < -0.39 is 5.41 Å². The van der Waals surface area contributed by atoms with Crippen molar-refractivity contribution < 1.29 is 0 Å². The van der Waals surface area contributed by atoms with Crippen LogP contribution < -0.4 is 4.90 Å². The van der Waals surface area contributed by atoms with E-state index in [2.05, 4.69) is 231 Å². The fourth-order valence-electron chi connectivity index (χ4n) is 10.1. The number of rotatable bonds is 6. The van der Waals surface area contributed by atoms with Gasteiger partial charge in [0.05, 0.1) is 5.41 Å². The molecular formula is C56H41N. The Balaban J connectivity index is 1.16. The molecule has 0 aliphatic heterocycles. The second-order valence-corrected chi connectivity index (χ2v) is 16.1. The summed E-state index contributed by atoms with van der Waals surface area (Å²) >= 11 is 0. The molecule has 2 aliphatic rings. The topological polar surface area (TPSA) is 3.24 Å². The Morgan fingerprint density at radius 1 is 0.316 bits per heavy atom. The maximum Gasteiger partial charge on any atom is 0.0714 e. The fourth-order valence-corrected chi connectivity index (χ4v) is 10.1. The van der Waals surface area contributed by atoms with Crippen LogP contribution in [0.25, 0.3) is 44.2 Å². The second-order valence-electron chi connectivity index (χ2n) is 16.1. The first-order valence-corrected chi connectivity index (χ1v) is 20.0. The van der Waals surface area contributed by atoms with Crippen molar-refractivity contribution in [1.29, 1.82) is 0 Å². The first-order chi connectivity index (χ1) is 28.0. The summed E-state index contributed by atoms with van der Waals surface area (Å²) in [5.41, 5.74) is 18.2. The van der Waals surface area contributed by atoms with Crippen LogP contribution in [-0.4, -0.2) is 0 Å². The summed E-state index contributed by atoms with van der Waals surface area (Å²) in [6.07, 6.45) is 0. The molecule has 1 nitrogen and oxygen atoms in total. The van der Waals surface area contributed by atoms with Crippen LogP contribution in [0.3, 0.4) is 0 Å². The average molecular weight is 728 g/mol. The number of fused-ring (bicyclic) bond motifs is 7. The number of benzene rings is 9. The summed E-state index contributed by atoms with van der Waals surface area (Å²) in [7, 11) is 0. The van der Waals surface area contributed by atoms with Crippen LogP contribution >= 0.6 is 0 Å². The van der Waals surface area contributed by atoms with Crippen molar-refractivity contribution >= 4 is 27.8 Å². The van der Waals surface area contributed by atoms with Gasteiger partial charge in [0.2, 0.25) is 0 Å². The van der Waals surface area contributed by atoms with E-state index >= 15 is 0 Å². The Kier molecular flexibility index (Phi) is 7.50. The minimum absolute atomic E-state index is 0.115. The number of anilines is 3. The van der Waals surface area contributed by atoms with Gasteiger partial charge in [0.15, 0.2) is 0 Å². The first-order valence-electron chi connectivity index (χ1n) is 20.0. The molecule has 0 radical (unpaired) electrons. The Bertz CT molecular complexity index is 2950. The number of nitrogens with zero attached hydrogens (tertiary/aromatic N) is 1. The van der Waals surface area contributed by atoms with E-state index in [1.165, 1.54) is 77.5 Å². The molecule has 11 rings (SSSR count). The summed E-state index contributed by atoms with van der Waals surface area (Å²) in [5.74, 6) is 0. The molecule has 0 heterocycles. The minimum atomic E-state index is -0.496. The molecule has 0 unspecified atom stereocenters. The third-order valence-corrected chi connectivity index (χ3v) is 12.7. The van der Waals surface area contributed by atoms with Crippen LogP contribution in [0.4, 0.5) is 17.1 Å². The van der Waals surface area contributed by atoms with Gasteiger partial charge in [-0.15, -0.1) is 0 Å². The standard InChI is InChI=1S/C56H41N/c1-55(2)51-32-31-46(37-50(51)49-34-40-19-9-10-20-41(40)35-54(49)55)57(44-25-15-21-39(33-44)38-17-5-3-6-18-38)45-26-16-24-43(36-45)56(42-22-7-4-8-23-42)52-29-13-11-27-47(52)48-28-12-14-30-53(48)56/h3-37H,1-2H3. The van der Waals surface area contributed by atoms with E-state index in [1.54, 1.807) is 0 Å². The quantitative estimate of drug-likeness (QED) is 0.165. The normalized spacial score (nSPS) is 14.1. The third-order valence-electron chi connectivity index (χ3n) is 12.7. The Morgan fingerprint density at radius 3 is 1.56 bits per heavy atom. The summed E-state index contributed by atoms with van der Waals surface area (Å²) < 4.78 is 0. The smallest absolute Gasteiger partial charge is 0.0714 e. The van der Waals surface area contributed by atoms with Gasteiger partial charge in [-0.3, -0.25) is 0 Å². The number of hydrogen-bond acceptors (Lipinski definition) is 1. The first kappa shape index (κ1) is 33.4. The SMILES string of the molecule is CC1(C)c2ccc(N(c3cccc(-c4ccccc4)c3)c3cccc(C4(c5ccccc5)c5ccccc5-c5ccccc54)c3)cc2-c2cc3ccccc3cc21. The van der Waals surface area contributed by atoms with Gasteiger partial charge >= 0.3 is 0 Å². The van der Waals surface area contributed by atoms with Gasteiger partial charge in [-0.05, 0) is 126 Å². The van der Waals surface area contributed by atoms with E-state index in [1.807, 2.05) is 0 Å². The molecule has 0 saturated carbocycles. The van der Waals surface area contributed by atoms with Crippen LogP contribution in [0.15, 0.2) is 212 Å². The van der Waals surface area contributed by atoms with E-state index in [0.717, 1.165) is 17.1 Å². The molecule has 0 N–H and O–H groups in total. The largest absolute Gasteiger partial charge is 0.310 e. The minimum Gasteiger partial charge on any atom is -0.310 e. The summed E-state index contributed by atoms with van der Waals surface area (Å²) in [6, 6.07) is 78.8. The second kappa shape index (κ2) is 12.8. The lowest BCUT2D eigenvalue weighted by Gasteiger charge is -2.35. The highest BCUT2D eigenvalue weighted by molar-refractivity contribution is 5.95. The molecule has 2 aliphatic carbocycles. The molecule has 1 heteroatoms. The zero-order valence-electron chi connectivity index (χ0n) is 32.2. The van der Waals surface area contributed by atoms with Gasteiger partial charge in [0.25, 0.3) is 0 Å². The lowest BCUT2D eigenvalue weighted by atomic mass is 9.67. The molecule has 0 atom stereocenters. The lowest BCUT2D eigenvalue weighted by Crippen LogP contribution is -2.28. The van der Waals surface area contributed by atoms with Crippen molar-refractivity contribution in [3.63, 3.8) is 0 Å². The summed E-state index contributed by atoms with van der Waals surface area (Å²) in [4.78, 5) is 2.47. The maximum absolute atomic E-state index is 2.47. The molecule has 57 heavy (non-hydrogen) atoms. The fraction of sp³-hybridized carbons (Fsp3) is 0.0714. The lowest BCUT2D eigenvalue weighted by molar-refractivity contribution is 0.661. The summed E-state index contributed by atoms with van der Waals surface area (Å²) in [5, 5.41) is 2.56. The van der Waals surface area contributed by atoms with Crippen molar-refractivity contribution in [3.8, 4) is 33.4 Å². The molecule has 0 bridgehead atoms. The monoisotopic (exact) mass is 727 g/mol. The van der Waals surface area contributed by atoms with Gasteiger partial charge in [-0.1, -0.05) is 178 Å². The van der Waals surface area contributed by atoms with E-state index in [4.69, 9.17) is 0 Å². The Hall–Kier alpha value is -6.96. The van der Waals surface area contributed by atoms with Crippen molar-refractivity contribution in [2.75, 3.05) is 4.90 Å². The molecule has 270 valence electrons. The molecule has 0 saturated heterocycles. The van der Waals surface area contributed by atoms with E-state index in [9.17, 15) is 0 Å². The average Bonchev–Trinajstić information content (AvgIpc) is 3.69. The van der Waals surface area contributed by atoms with Gasteiger partial charge < -0.3 is 4.90 Å². The molecule has 0 fully saturated rings. The molecule has 9 aromatic rings. The highest BCUT2D eigenvalue weighted by Gasteiger charge is 2.46. The molecule has 0 amide bonds. The van der Waals surface area contributed by atoms with Crippen molar-refractivity contribution in [3.05, 3.63) is 246 Å². The van der Waals surface area contributed by atoms with Gasteiger partial charge in [0, 0.05) is 22.5 Å². The van der Waals surface area contributed by atoms with Crippen LogP contribution in [0.1, 0.15) is 47.2 Å².